The molecule has 0 radical (unpaired) electrons. The van der Waals surface area contributed by atoms with Gasteiger partial charge >= 0.3 is 0 Å². The van der Waals surface area contributed by atoms with E-state index in [-0.39, 0.29) is 0 Å². The van der Waals surface area contributed by atoms with Gasteiger partial charge in [0, 0.05) is 12.1 Å². The fourth-order valence-corrected chi connectivity index (χ4v) is 2.94. The molecule has 92 valence electrons. The Bertz CT molecular complexity index is 339. The second-order valence-corrected chi connectivity index (χ2v) is 5.74. The van der Waals surface area contributed by atoms with Crippen LogP contribution in [0.15, 0.2) is 30.3 Å². The van der Waals surface area contributed by atoms with E-state index in [1.807, 2.05) is 0 Å². The number of rotatable bonds is 6. The van der Waals surface area contributed by atoms with Gasteiger partial charge in [0.1, 0.15) is 0 Å². The van der Waals surface area contributed by atoms with Crippen LogP contribution in [0.1, 0.15) is 50.6 Å². The Morgan fingerprint density at radius 3 is 2.12 bits per heavy atom. The summed E-state index contributed by atoms with van der Waals surface area (Å²) in [6.07, 6.45) is 7.03. The first kappa shape index (κ1) is 11.3. The maximum atomic E-state index is 3.94. The quantitative estimate of drug-likeness (QED) is 0.779. The van der Waals surface area contributed by atoms with Crippen molar-refractivity contribution in [3.8, 4) is 0 Å². The fraction of sp³-hybridized carbons (Fsp3) is 0.625. The van der Waals surface area contributed by atoms with Crippen LogP contribution >= 0.6 is 0 Å². The standard InChI is InChI=1S/C16H23N/c1-2-15(12-6-4-3-5-7-12)17-16(13-8-9-13)14-10-11-14/h3-7,13-17H,2,8-11H2,1H3. The summed E-state index contributed by atoms with van der Waals surface area (Å²) in [6.45, 7) is 2.29. The van der Waals surface area contributed by atoms with E-state index in [9.17, 15) is 0 Å². The third kappa shape index (κ3) is 2.71. The highest BCUT2D eigenvalue weighted by molar-refractivity contribution is 5.19. The molecule has 17 heavy (non-hydrogen) atoms. The molecule has 3 rings (SSSR count). The molecular formula is C16H23N. The van der Waals surface area contributed by atoms with E-state index < -0.39 is 0 Å². The zero-order valence-electron chi connectivity index (χ0n) is 10.7. The summed E-state index contributed by atoms with van der Waals surface area (Å²) >= 11 is 0. The van der Waals surface area contributed by atoms with Crippen LogP contribution in [0, 0.1) is 11.8 Å². The van der Waals surface area contributed by atoms with Crippen LogP contribution in [0.3, 0.4) is 0 Å². The number of nitrogens with one attached hydrogen (secondary N) is 1. The van der Waals surface area contributed by atoms with Crippen LogP contribution in [0.4, 0.5) is 0 Å². The lowest BCUT2D eigenvalue weighted by Crippen LogP contribution is -2.36. The van der Waals surface area contributed by atoms with Gasteiger partial charge in [-0.25, -0.2) is 0 Å². The molecule has 1 N–H and O–H groups in total. The Hall–Kier alpha value is -0.820. The maximum Gasteiger partial charge on any atom is 0.0320 e. The van der Waals surface area contributed by atoms with Gasteiger partial charge in [-0.15, -0.1) is 0 Å². The average molecular weight is 229 g/mol. The largest absolute Gasteiger partial charge is 0.307 e. The third-order valence-corrected chi connectivity index (χ3v) is 4.26. The molecule has 2 aliphatic carbocycles. The molecule has 0 saturated heterocycles. The molecule has 0 aromatic heterocycles. The normalized spacial score (nSPS) is 21.8. The summed E-state index contributed by atoms with van der Waals surface area (Å²) in [5.41, 5.74) is 1.46. The van der Waals surface area contributed by atoms with Crippen molar-refractivity contribution in [1.82, 2.24) is 5.32 Å². The van der Waals surface area contributed by atoms with Gasteiger partial charge in [0.05, 0.1) is 0 Å². The molecular weight excluding hydrogens is 206 g/mol. The number of hydrogen-bond acceptors (Lipinski definition) is 1. The van der Waals surface area contributed by atoms with Gasteiger partial charge in [-0.1, -0.05) is 37.3 Å². The van der Waals surface area contributed by atoms with Crippen LogP contribution in [0.25, 0.3) is 0 Å². The van der Waals surface area contributed by atoms with Crippen molar-refractivity contribution in [3.63, 3.8) is 0 Å². The van der Waals surface area contributed by atoms with Gasteiger partial charge in [0.15, 0.2) is 0 Å². The topological polar surface area (TPSA) is 12.0 Å². The van der Waals surface area contributed by atoms with Gasteiger partial charge in [-0.05, 0) is 49.5 Å². The second kappa shape index (κ2) is 4.81. The summed E-state index contributed by atoms with van der Waals surface area (Å²) in [4.78, 5) is 0. The third-order valence-electron chi connectivity index (χ3n) is 4.26. The van der Waals surface area contributed by atoms with Gasteiger partial charge in [-0.3, -0.25) is 0 Å². The molecule has 0 bridgehead atoms. The fourth-order valence-electron chi connectivity index (χ4n) is 2.94. The summed E-state index contributed by atoms with van der Waals surface area (Å²) in [5.74, 6) is 1.97. The van der Waals surface area contributed by atoms with E-state index in [0.29, 0.717) is 6.04 Å². The zero-order chi connectivity index (χ0) is 11.7. The Balaban J connectivity index is 1.68. The summed E-state index contributed by atoms with van der Waals surface area (Å²) in [7, 11) is 0. The maximum absolute atomic E-state index is 3.94. The minimum absolute atomic E-state index is 0.558. The smallest absolute Gasteiger partial charge is 0.0320 e. The molecule has 1 aromatic rings. The number of benzene rings is 1. The number of hydrogen-bond donors (Lipinski definition) is 1. The molecule has 1 atom stereocenters. The highest BCUT2D eigenvalue weighted by Crippen LogP contribution is 2.45. The Morgan fingerprint density at radius 1 is 1.06 bits per heavy atom. The molecule has 2 aliphatic rings. The van der Waals surface area contributed by atoms with E-state index in [2.05, 4.69) is 42.6 Å². The molecule has 1 aromatic carbocycles. The lowest BCUT2D eigenvalue weighted by atomic mass is 10.00. The molecule has 0 heterocycles. The lowest BCUT2D eigenvalue weighted by Gasteiger charge is -2.25. The lowest BCUT2D eigenvalue weighted by molar-refractivity contribution is 0.359. The van der Waals surface area contributed by atoms with Crippen molar-refractivity contribution >= 4 is 0 Å². The molecule has 2 fully saturated rings. The Kier molecular flexibility index (Phi) is 3.19. The van der Waals surface area contributed by atoms with Gasteiger partial charge in [0.25, 0.3) is 0 Å². The van der Waals surface area contributed by atoms with Crippen molar-refractivity contribution in [2.45, 2.75) is 51.1 Å². The highest BCUT2D eigenvalue weighted by Gasteiger charge is 2.41. The summed E-state index contributed by atoms with van der Waals surface area (Å²) < 4.78 is 0. The minimum atomic E-state index is 0.558. The molecule has 0 spiro atoms. The first-order valence-electron chi connectivity index (χ1n) is 7.19. The van der Waals surface area contributed by atoms with Crippen molar-refractivity contribution in [3.05, 3.63) is 35.9 Å². The minimum Gasteiger partial charge on any atom is -0.307 e. The van der Waals surface area contributed by atoms with Crippen LogP contribution in [0.2, 0.25) is 0 Å². The van der Waals surface area contributed by atoms with Crippen molar-refractivity contribution in [2.75, 3.05) is 0 Å². The molecule has 2 saturated carbocycles. The van der Waals surface area contributed by atoms with E-state index in [1.165, 1.54) is 37.7 Å². The Labute approximate surface area is 105 Å². The SMILES string of the molecule is CCC(NC(C1CC1)C1CC1)c1ccccc1. The molecule has 0 amide bonds. The van der Waals surface area contributed by atoms with Crippen molar-refractivity contribution in [2.24, 2.45) is 11.8 Å². The highest BCUT2D eigenvalue weighted by atomic mass is 15.0. The van der Waals surface area contributed by atoms with Gasteiger partial charge in [0.2, 0.25) is 0 Å². The van der Waals surface area contributed by atoms with Crippen molar-refractivity contribution in [1.29, 1.82) is 0 Å². The summed E-state index contributed by atoms with van der Waals surface area (Å²) in [6, 6.07) is 12.3. The predicted octanol–water partition coefficient (Wildman–Crippen LogP) is 3.92. The van der Waals surface area contributed by atoms with E-state index >= 15 is 0 Å². The predicted molar refractivity (Wildman–Crippen MR) is 71.8 cm³/mol. The van der Waals surface area contributed by atoms with E-state index in [1.54, 1.807) is 0 Å². The van der Waals surface area contributed by atoms with Crippen LogP contribution < -0.4 is 5.32 Å². The zero-order valence-corrected chi connectivity index (χ0v) is 10.7. The van der Waals surface area contributed by atoms with E-state index in [0.717, 1.165) is 17.9 Å². The van der Waals surface area contributed by atoms with Crippen LogP contribution in [-0.2, 0) is 0 Å². The van der Waals surface area contributed by atoms with Crippen molar-refractivity contribution < 1.29 is 0 Å². The molecule has 0 aliphatic heterocycles. The monoisotopic (exact) mass is 229 g/mol. The van der Waals surface area contributed by atoms with Gasteiger partial charge < -0.3 is 5.32 Å². The van der Waals surface area contributed by atoms with Crippen LogP contribution in [-0.4, -0.2) is 6.04 Å². The second-order valence-electron chi connectivity index (χ2n) is 5.74. The Morgan fingerprint density at radius 2 is 1.65 bits per heavy atom. The first-order valence-corrected chi connectivity index (χ1v) is 7.19. The first-order chi connectivity index (χ1) is 8.38. The molecule has 1 heteroatoms. The molecule has 1 unspecified atom stereocenters. The van der Waals surface area contributed by atoms with E-state index in [4.69, 9.17) is 0 Å². The molecule has 1 nitrogen and oxygen atoms in total. The summed E-state index contributed by atoms with van der Waals surface area (Å²) in [5, 5.41) is 3.94. The average Bonchev–Trinajstić information content (AvgIpc) is 3.25. The van der Waals surface area contributed by atoms with Crippen LogP contribution in [0.5, 0.6) is 0 Å². The van der Waals surface area contributed by atoms with Gasteiger partial charge in [-0.2, -0.15) is 0 Å².